The van der Waals surface area contributed by atoms with E-state index in [1.807, 2.05) is 38.1 Å². The van der Waals surface area contributed by atoms with Crippen LogP contribution >= 0.6 is 0 Å². The van der Waals surface area contributed by atoms with E-state index in [9.17, 15) is 4.79 Å². The smallest absolute Gasteiger partial charge is 0.304 e. The highest BCUT2D eigenvalue weighted by Gasteiger charge is 2.21. The summed E-state index contributed by atoms with van der Waals surface area (Å²) >= 11 is 0. The number of ether oxygens (including phenoxy) is 1. The lowest BCUT2D eigenvalue weighted by molar-refractivity contribution is -0.137. The Kier molecular flexibility index (Phi) is 5.65. The lowest BCUT2D eigenvalue weighted by Gasteiger charge is -2.22. The second kappa shape index (κ2) is 7.01. The van der Waals surface area contributed by atoms with Crippen LogP contribution in [0.3, 0.4) is 0 Å². The third kappa shape index (κ3) is 4.04. The Morgan fingerprint density at radius 2 is 2.17 bits per heavy atom. The third-order valence-electron chi connectivity index (χ3n) is 2.98. The summed E-state index contributed by atoms with van der Waals surface area (Å²) in [4.78, 5) is 10.9. The highest BCUT2D eigenvalue weighted by atomic mass is 16.5. The molecule has 0 aromatic heterocycles. The predicted octanol–water partition coefficient (Wildman–Crippen LogP) is 2.38. The van der Waals surface area contributed by atoms with Crippen molar-refractivity contribution in [2.75, 3.05) is 6.61 Å². The van der Waals surface area contributed by atoms with Crippen LogP contribution in [0, 0.1) is 0 Å². The van der Waals surface area contributed by atoms with Crippen LogP contribution in [-0.2, 0) is 4.79 Å². The number of nitrogens with two attached hydrogens (primary N) is 1. The van der Waals surface area contributed by atoms with Gasteiger partial charge >= 0.3 is 5.97 Å². The summed E-state index contributed by atoms with van der Waals surface area (Å²) in [5, 5.41) is 8.98. The second-order valence-corrected chi connectivity index (χ2v) is 4.28. The molecule has 0 fully saturated rings. The number of carbonyl (C=O) groups is 1. The predicted molar refractivity (Wildman–Crippen MR) is 70.9 cm³/mol. The van der Waals surface area contributed by atoms with Crippen molar-refractivity contribution in [2.45, 2.75) is 38.6 Å². The van der Waals surface area contributed by atoms with Crippen LogP contribution in [0.5, 0.6) is 5.75 Å². The fraction of sp³-hybridized carbons (Fsp3) is 0.500. The minimum absolute atomic E-state index is 0.0462. The topological polar surface area (TPSA) is 72.5 Å². The van der Waals surface area contributed by atoms with Crippen molar-refractivity contribution in [3.8, 4) is 5.75 Å². The van der Waals surface area contributed by atoms with E-state index in [1.54, 1.807) is 0 Å². The van der Waals surface area contributed by atoms with Crippen molar-refractivity contribution < 1.29 is 14.6 Å². The molecule has 0 radical (unpaired) electrons. The summed E-state index contributed by atoms with van der Waals surface area (Å²) in [7, 11) is 0. The summed E-state index contributed by atoms with van der Waals surface area (Å²) in [6.45, 7) is 4.47. The molecule has 100 valence electrons. The Morgan fingerprint density at radius 3 is 2.72 bits per heavy atom. The number of hydrogen-bond donors (Lipinski definition) is 2. The summed E-state index contributed by atoms with van der Waals surface area (Å²) in [5.74, 6) is -0.243. The van der Waals surface area contributed by atoms with Gasteiger partial charge < -0.3 is 15.6 Å². The van der Waals surface area contributed by atoms with Gasteiger partial charge in [0.05, 0.1) is 13.0 Å². The molecule has 0 aliphatic carbocycles. The molecule has 0 amide bonds. The van der Waals surface area contributed by atoms with Crippen LogP contribution in [0.1, 0.15) is 38.2 Å². The molecule has 0 saturated heterocycles. The standard InChI is InChI=1S/C14H21NO3/c1-3-13(15)12(9-14(16)17)10-6-5-7-11(8-10)18-4-2/h5-8,12-13H,3-4,9,15H2,1-2H3,(H,16,17). The van der Waals surface area contributed by atoms with Gasteiger partial charge in [-0.3, -0.25) is 4.79 Å². The van der Waals surface area contributed by atoms with Gasteiger partial charge in [-0.05, 0) is 31.0 Å². The van der Waals surface area contributed by atoms with E-state index in [0.717, 1.165) is 17.7 Å². The zero-order valence-electron chi connectivity index (χ0n) is 10.9. The normalized spacial score (nSPS) is 13.9. The van der Waals surface area contributed by atoms with Crippen LogP contribution in [0.25, 0.3) is 0 Å². The van der Waals surface area contributed by atoms with Gasteiger partial charge in [-0.1, -0.05) is 19.1 Å². The maximum atomic E-state index is 10.9. The quantitative estimate of drug-likeness (QED) is 0.780. The Bertz CT molecular complexity index is 392. The Balaban J connectivity index is 2.96. The van der Waals surface area contributed by atoms with E-state index >= 15 is 0 Å². The lowest BCUT2D eigenvalue weighted by Crippen LogP contribution is -2.29. The van der Waals surface area contributed by atoms with Gasteiger partial charge in [0.15, 0.2) is 0 Å². The van der Waals surface area contributed by atoms with Gasteiger partial charge in [-0.15, -0.1) is 0 Å². The molecule has 18 heavy (non-hydrogen) atoms. The van der Waals surface area contributed by atoms with Gasteiger partial charge in [-0.2, -0.15) is 0 Å². The molecular formula is C14H21NO3. The van der Waals surface area contributed by atoms with Crippen LogP contribution in [0.2, 0.25) is 0 Å². The van der Waals surface area contributed by atoms with E-state index in [1.165, 1.54) is 0 Å². The fourth-order valence-corrected chi connectivity index (χ4v) is 1.99. The minimum atomic E-state index is -0.828. The molecule has 1 aromatic carbocycles. The lowest BCUT2D eigenvalue weighted by atomic mass is 9.87. The van der Waals surface area contributed by atoms with Gasteiger partial charge in [0.2, 0.25) is 0 Å². The molecule has 2 atom stereocenters. The van der Waals surface area contributed by atoms with Crippen LogP contribution in [-0.4, -0.2) is 23.7 Å². The molecule has 0 saturated carbocycles. The molecular weight excluding hydrogens is 230 g/mol. The maximum absolute atomic E-state index is 10.9. The Hall–Kier alpha value is -1.55. The molecule has 0 aliphatic rings. The van der Waals surface area contributed by atoms with Gasteiger partial charge in [-0.25, -0.2) is 0 Å². The molecule has 3 N–H and O–H groups in total. The number of aliphatic carboxylic acids is 1. The summed E-state index contributed by atoms with van der Waals surface area (Å²) in [6.07, 6.45) is 0.793. The second-order valence-electron chi connectivity index (χ2n) is 4.28. The summed E-state index contributed by atoms with van der Waals surface area (Å²) in [5.41, 5.74) is 6.95. The first-order valence-electron chi connectivity index (χ1n) is 6.28. The van der Waals surface area contributed by atoms with E-state index in [0.29, 0.717) is 6.61 Å². The summed E-state index contributed by atoms with van der Waals surface area (Å²) < 4.78 is 5.43. The molecule has 0 spiro atoms. The third-order valence-corrected chi connectivity index (χ3v) is 2.98. The SMILES string of the molecule is CCOc1cccc(C(CC(=O)O)C(N)CC)c1. The average molecular weight is 251 g/mol. The average Bonchev–Trinajstić information content (AvgIpc) is 2.35. The Morgan fingerprint density at radius 1 is 1.44 bits per heavy atom. The molecule has 0 heterocycles. The molecule has 0 bridgehead atoms. The first kappa shape index (κ1) is 14.5. The van der Waals surface area contributed by atoms with Gasteiger partial charge in [0.25, 0.3) is 0 Å². The highest BCUT2D eigenvalue weighted by Crippen LogP contribution is 2.27. The van der Waals surface area contributed by atoms with E-state index < -0.39 is 5.97 Å². The zero-order valence-corrected chi connectivity index (χ0v) is 10.9. The number of benzene rings is 1. The van der Waals surface area contributed by atoms with E-state index in [-0.39, 0.29) is 18.4 Å². The molecule has 0 aliphatic heterocycles. The first-order chi connectivity index (χ1) is 8.58. The number of hydrogen-bond acceptors (Lipinski definition) is 3. The minimum Gasteiger partial charge on any atom is -0.494 e. The van der Waals surface area contributed by atoms with Crippen molar-refractivity contribution >= 4 is 5.97 Å². The first-order valence-corrected chi connectivity index (χ1v) is 6.28. The van der Waals surface area contributed by atoms with Crippen LogP contribution < -0.4 is 10.5 Å². The zero-order chi connectivity index (χ0) is 13.5. The molecule has 1 aromatic rings. The fourth-order valence-electron chi connectivity index (χ4n) is 1.99. The van der Waals surface area contributed by atoms with Gasteiger partial charge in [0.1, 0.15) is 5.75 Å². The van der Waals surface area contributed by atoms with E-state index in [2.05, 4.69) is 0 Å². The highest BCUT2D eigenvalue weighted by molar-refractivity contribution is 5.68. The number of carboxylic acid groups (broad SMARTS) is 1. The van der Waals surface area contributed by atoms with E-state index in [4.69, 9.17) is 15.6 Å². The maximum Gasteiger partial charge on any atom is 0.304 e. The van der Waals surface area contributed by atoms with Crippen LogP contribution in [0.4, 0.5) is 0 Å². The largest absolute Gasteiger partial charge is 0.494 e. The number of rotatable bonds is 7. The molecule has 4 heteroatoms. The van der Waals surface area contributed by atoms with Crippen molar-refractivity contribution in [1.29, 1.82) is 0 Å². The van der Waals surface area contributed by atoms with Crippen molar-refractivity contribution in [2.24, 2.45) is 5.73 Å². The number of carboxylic acids is 1. The van der Waals surface area contributed by atoms with Crippen molar-refractivity contribution in [3.05, 3.63) is 29.8 Å². The summed E-state index contributed by atoms with van der Waals surface area (Å²) in [6, 6.07) is 7.37. The van der Waals surface area contributed by atoms with Gasteiger partial charge in [0, 0.05) is 12.0 Å². The molecule has 2 unspecified atom stereocenters. The molecule has 4 nitrogen and oxygen atoms in total. The van der Waals surface area contributed by atoms with Crippen molar-refractivity contribution in [1.82, 2.24) is 0 Å². The molecule has 1 rings (SSSR count). The van der Waals surface area contributed by atoms with Crippen LogP contribution in [0.15, 0.2) is 24.3 Å². The monoisotopic (exact) mass is 251 g/mol. The van der Waals surface area contributed by atoms with Crippen molar-refractivity contribution in [3.63, 3.8) is 0 Å². The Labute approximate surface area is 108 Å².